The number of nitrogens with one attached hydrogen (secondary N) is 1. The third-order valence-corrected chi connectivity index (χ3v) is 3.61. The Bertz CT molecular complexity index is 373. The largest absolute Gasteiger partial charge is 0.375 e. The zero-order valence-electron chi connectivity index (χ0n) is 10.9. The van der Waals surface area contributed by atoms with Crippen LogP contribution in [0.4, 0.5) is 0 Å². The van der Waals surface area contributed by atoms with E-state index in [2.05, 4.69) is 17.4 Å². The number of hydrogen-bond donors (Lipinski definition) is 1. The van der Waals surface area contributed by atoms with Gasteiger partial charge in [0.05, 0.1) is 6.04 Å². The van der Waals surface area contributed by atoms with Gasteiger partial charge in [0.2, 0.25) is 5.91 Å². The molecule has 0 spiro atoms. The SMILES string of the molecule is COCC(=O)NC(CC1CCC1)c1ccccc1. The molecule has 1 aliphatic rings. The summed E-state index contributed by atoms with van der Waals surface area (Å²) in [6, 6.07) is 10.3. The van der Waals surface area contributed by atoms with E-state index in [4.69, 9.17) is 4.74 Å². The average Bonchev–Trinajstić information content (AvgIpc) is 2.33. The summed E-state index contributed by atoms with van der Waals surface area (Å²) < 4.78 is 4.87. The molecular weight excluding hydrogens is 226 g/mol. The van der Waals surface area contributed by atoms with E-state index in [9.17, 15) is 4.79 Å². The van der Waals surface area contributed by atoms with Crippen molar-refractivity contribution in [3.05, 3.63) is 35.9 Å². The summed E-state index contributed by atoms with van der Waals surface area (Å²) in [5.41, 5.74) is 1.19. The minimum absolute atomic E-state index is 0.0364. The van der Waals surface area contributed by atoms with Gasteiger partial charge in [0.25, 0.3) is 0 Å². The highest BCUT2D eigenvalue weighted by molar-refractivity contribution is 5.77. The van der Waals surface area contributed by atoms with Crippen molar-refractivity contribution in [2.24, 2.45) is 5.92 Å². The molecule has 18 heavy (non-hydrogen) atoms. The summed E-state index contributed by atoms with van der Waals surface area (Å²) in [5, 5.41) is 3.07. The van der Waals surface area contributed by atoms with E-state index in [1.807, 2.05) is 18.2 Å². The topological polar surface area (TPSA) is 38.3 Å². The van der Waals surface area contributed by atoms with Crippen molar-refractivity contribution in [3.63, 3.8) is 0 Å². The Morgan fingerprint density at radius 2 is 2.11 bits per heavy atom. The molecule has 0 radical (unpaired) electrons. The molecule has 0 heterocycles. The summed E-state index contributed by atoms with van der Waals surface area (Å²) in [5.74, 6) is 0.726. The summed E-state index contributed by atoms with van der Waals surface area (Å²) in [6.45, 7) is 0.133. The fourth-order valence-electron chi connectivity index (χ4n) is 2.39. The Hall–Kier alpha value is -1.35. The first kappa shape index (κ1) is 13.1. The van der Waals surface area contributed by atoms with Crippen molar-refractivity contribution < 1.29 is 9.53 Å². The van der Waals surface area contributed by atoms with E-state index in [1.165, 1.54) is 24.8 Å². The second kappa shape index (κ2) is 6.55. The number of carbonyl (C=O) groups excluding carboxylic acids is 1. The van der Waals surface area contributed by atoms with E-state index in [1.54, 1.807) is 7.11 Å². The maximum Gasteiger partial charge on any atom is 0.246 e. The molecule has 1 atom stereocenters. The van der Waals surface area contributed by atoms with Crippen LogP contribution in [0.1, 0.15) is 37.3 Å². The van der Waals surface area contributed by atoms with E-state index in [0.717, 1.165) is 12.3 Å². The van der Waals surface area contributed by atoms with Crippen molar-refractivity contribution in [1.29, 1.82) is 0 Å². The lowest BCUT2D eigenvalue weighted by molar-refractivity contribution is -0.125. The standard InChI is InChI=1S/C15H21NO2/c1-18-11-15(17)16-14(10-12-6-5-7-12)13-8-3-2-4-9-13/h2-4,8-9,12,14H,5-7,10-11H2,1H3,(H,16,17). The zero-order valence-corrected chi connectivity index (χ0v) is 10.9. The second-order valence-corrected chi connectivity index (χ2v) is 5.00. The van der Waals surface area contributed by atoms with Crippen LogP contribution in [0.15, 0.2) is 30.3 Å². The first-order valence-corrected chi connectivity index (χ1v) is 6.63. The molecule has 1 unspecified atom stereocenters. The molecule has 3 nitrogen and oxygen atoms in total. The van der Waals surface area contributed by atoms with Crippen LogP contribution in [0.3, 0.4) is 0 Å². The first-order valence-electron chi connectivity index (χ1n) is 6.63. The van der Waals surface area contributed by atoms with Crippen LogP contribution in [0.2, 0.25) is 0 Å². The molecule has 1 fully saturated rings. The maximum absolute atomic E-state index is 11.7. The zero-order chi connectivity index (χ0) is 12.8. The summed E-state index contributed by atoms with van der Waals surface area (Å²) in [7, 11) is 1.54. The van der Waals surface area contributed by atoms with Crippen molar-refractivity contribution >= 4 is 5.91 Å². The minimum Gasteiger partial charge on any atom is -0.375 e. The number of carbonyl (C=O) groups is 1. The maximum atomic E-state index is 11.7. The molecule has 0 saturated heterocycles. The fraction of sp³-hybridized carbons (Fsp3) is 0.533. The first-order chi connectivity index (χ1) is 8.79. The second-order valence-electron chi connectivity index (χ2n) is 5.00. The molecule has 1 saturated carbocycles. The Balaban J connectivity index is 1.99. The number of amides is 1. The highest BCUT2D eigenvalue weighted by Gasteiger charge is 2.24. The predicted molar refractivity (Wildman–Crippen MR) is 71.2 cm³/mol. The van der Waals surface area contributed by atoms with E-state index >= 15 is 0 Å². The Kier molecular flexibility index (Phi) is 4.76. The van der Waals surface area contributed by atoms with Crippen LogP contribution >= 0.6 is 0 Å². The van der Waals surface area contributed by atoms with E-state index in [0.29, 0.717) is 0 Å². The van der Waals surface area contributed by atoms with Gasteiger partial charge in [0.15, 0.2) is 0 Å². The molecule has 1 aromatic rings. The van der Waals surface area contributed by atoms with Gasteiger partial charge in [-0.25, -0.2) is 0 Å². The van der Waals surface area contributed by atoms with E-state index in [-0.39, 0.29) is 18.6 Å². The van der Waals surface area contributed by atoms with Gasteiger partial charge in [-0.3, -0.25) is 4.79 Å². The highest BCUT2D eigenvalue weighted by atomic mass is 16.5. The fourth-order valence-corrected chi connectivity index (χ4v) is 2.39. The Morgan fingerprint density at radius 3 is 2.67 bits per heavy atom. The van der Waals surface area contributed by atoms with Crippen molar-refractivity contribution in [2.75, 3.05) is 13.7 Å². The van der Waals surface area contributed by atoms with Crippen molar-refractivity contribution in [1.82, 2.24) is 5.32 Å². The monoisotopic (exact) mass is 247 g/mol. The number of methoxy groups -OCH3 is 1. The van der Waals surface area contributed by atoms with Crippen LogP contribution in [0.25, 0.3) is 0 Å². The number of ether oxygens (including phenoxy) is 1. The molecule has 0 aliphatic heterocycles. The Labute approximate surface area is 109 Å². The number of rotatable bonds is 6. The molecule has 1 N–H and O–H groups in total. The molecule has 3 heteroatoms. The third kappa shape index (κ3) is 3.57. The lowest BCUT2D eigenvalue weighted by Gasteiger charge is -2.30. The summed E-state index contributed by atoms with van der Waals surface area (Å²) >= 11 is 0. The molecule has 1 amide bonds. The smallest absolute Gasteiger partial charge is 0.246 e. The molecule has 1 aliphatic carbocycles. The number of benzene rings is 1. The molecule has 0 bridgehead atoms. The van der Waals surface area contributed by atoms with Crippen LogP contribution < -0.4 is 5.32 Å². The average molecular weight is 247 g/mol. The molecular formula is C15H21NO2. The van der Waals surface area contributed by atoms with Gasteiger partial charge >= 0.3 is 0 Å². The van der Waals surface area contributed by atoms with Gasteiger partial charge in [-0.15, -0.1) is 0 Å². The minimum atomic E-state index is -0.0364. The van der Waals surface area contributed by atoms with Gasteiger partial charge in [-0.05, 0) is 17.9 Å². The van der Waals surface area contributed by atoms with Gasteiger partial charge in [0.1, 0.15) is 6.61 Å². The Morgan fingerprint density at radius 1 is 1.39 bits per heavy atom. The summed E-state index contributed by atoms with van der Waals surface area (Å²) in [6.07, 6.45) is 4.96. The normalized spacial score (nSPS) is 16.9. The van der Waals surface area contributed by atoms with Crippen LogP contribution in [0.5, 0.6) is 0 Å². The van der Waals surface area contributed by atoms with Gasteiger partial charge < -0.3 is 10.1 Å². The van der Waals surface area contributed by atoms with E-state index < -0.39 is 0 Å². The van der Waals surface area contributed by atoms with Gasteiger partial charge in [-0.2, -0.15) is 0 Å². The molecule has 0 aromatic heterocycles. The van der Waals surface area contributed by atoms with Crippen LogP contribution in [0, 0.1) is 5.92 Å². The van der Waals surface area contributed by atoms with Crippen LogP contribution in [-0.2, 0) is 9.53 Å². The molecule has 1 aromatic carbocycles. The lowest BCUT2D eigenvalue weighted by atomic mass is 9.79. The third-order valence-electron chi connectivity index (χ3n) is 3.61. The van der Waals surface area contributed by atoms with Crippen molar-refractivity contribution in [3.8, 4) is 0 Å². The summed E-state index contributed by atoms with van der Waals surface area (Å²) in [4.78, 5) is 11.7. The van der Waals surface area contributed by atoms with Gasteiger partial charge in [-0.1, -0.05) is 49.6 Å². The predicted octanol–water partition coefficient (Wildman–Crippen LogP) is 2.68. The van der Waals surface area contributed by atoms with Crippen molar-refractivity contribution in [2.45, 2.75) is 31.7 Å². The van der Waals surface area contributed by atoms with Gasteiger partial charge in [0, 0.05) is 7.11 Å². The molecule has 98 valence electrons. The molecule has 2 rings (SSSR count). The highest BCUT2D eigenvalue weighted by Crippen LogP contribution is 2.34. The van der Waals surface area contributed by atoms with Crippen LogP contribution in [-0.4, -0.2) is 19.6 Å². The lowest BCUT2D eigenvalue weighted by Crippen LogP contribution is -2.33. The quantitative estimate of drug-likeness (QED) is 0.839. The number of hydrogen-bond acceptors (Lipinski definition) is 2.